The van der Waals surface area contributed by atoms with Crippen molar-refractivity contribution in [3.8, 4) is 5.75 Å². The van der Waals surface area contributed by atoms with Crippen LogP contribution in [0.25, 0.3) is 6.08 Å². The van der Waals surface area contributed by atoms with Gasteiger partial charge in [0.05, 0.1) is 15.6 Å². The molecule has 0 fully saturated rings. The van der Waals surface area contributed by atoms with E-state index in [1.54, 1.807) is 6.08 Å². The van der Waals surface area contributed by atoms with E-state index in [2.05, 4.69) is 66.4 Å². The van der Waals surface area contributed by atoms with Crippen LogP contribution in [0.15, 0.2) is 56.0 Å². The van der Waals surface area contributed by atoms with E-state index in [1.807, 2.05) is 36.4 Å². The van der Waals surface area contributed by atoms with Crippen LogP contribution in [-0.4, -0.2) is 18.5 Å². The topological polar surface area (TPSA) is 47.9 Å². The summed E-state index contributed by atoms with van der Waals surface area (Å²) in [6.07, 6.45) is 2.62. The Morgan fingerprint density at radius 1 is 1.19 bits per heavy atom. The van der Waals surface area contributed by atoms with Crippen LogP contribution in [0, 0.1) is 3.57 Å². The molecule has 2 aromatic rings. The molecule has 2 aromatic carbocycles. The van der Waals surface area contributed by atoms with Crippen LogP contribution in [0.4, 0.5) is 0 Å². The van der Waals surface area contributed by atoms with Gasteiger partial charge < -0.3 is 9.47 Å². The first-order valence-electron chi connectivity index (χ1n) is 7.88. The van der Waals surface area contributed by atoms with Gasteiger partial charge >= 0.3 is 5.97 Å². The van der Waals surface area contributed by atoms with Crippen LogP contribution in [-0.2, 0) is 9.53 Å². The standard InChI is InChI=1S/C19H14Br2INO3/c1-2-7-25-17-14(20)8-11(9-15(17)21)10-16-19(24)26-18(23-16)12-3-5-13(22)6-4-12/h3-6,8-10H,2,7H2,1H3/b16-10-. The molecule has 1 heterocycles. The van der Waals surface area contributed by atoms with Crippen molar-refractivity contribution in [3.63, 3.8) is 0 Å². The van der Waals surface area contributed by atoms with Crippen LogP contribution >= 0.6 is 54.5 Å². The Kier molecular flexibility index (Phi) is 6.52. The Morgan fingerprint density at radius 2 is 1.85 bits per heavy atom. The summed E-state index contributed by atoms with van der Waals surface area (Å²) in [6.45, 7) is 2.68. The molecule has 7 heteroatoms. The lowest BCUT2D eigenvalue weighted by Gasteiger charge is -2.10. The van der Waals surface area contributed by atoms with Gasteiger partial charge in [-0.15, -0.1) is 0 Å². The van der Waals surface area contributed by atoms with E-state index < -0.39 is 5.97 Å². The Balaban J connectivity index is 1.89. The first-order valence-corrected chi connectivity index (χ1v) is 10.5. The Labute approximate surface area is 182 Å². The molecule has 0 saturated carbocycles. The molecule has 0 radical (unpaired) electrons. The number of ether oxygens (including phenoxy) is 2. The minimum atomic E-state index is -0.461. The third-order valence-electron chi connectivity index (χ3n) is 3.49. The number of rotatable bonds is 5. The van der Waals surface area contributed by atoms with Crippen molar-refractivity contribution in [2.75, 3.05) is 6.61 Å². The normalized spacial score (nSPS) is 15.2. The lowest BCUT2D eigenvalue weighted by Crippen LogP contribution is -2.05. The molecule has 0 N–H and O–H groups in total. The minimum Gasteiger partial charge on any atom is -0.491 e. The molecule has 0 aromatic heterocycles. The van der Waals surface area contributed by atoms with E-state index in [4.69, 9.17) is 9.47 Å². The first kappa shape index (κ1) is 19.6. The summed E-state index contributed by atoms with van der Waals surface area (Å²) in [5.74, 6) is 0.599. The summed E-state index contributed by atoms with van der Waals surface area (Å²) in [7, 11) is 0. The average molecular weight is 591 g/mol. The van der Waals surface area contributed by atoms with Crippen LogP contribution < -0.4 is 4.74 Å². The van der Waals surface area contributed by atoms with Gasteiger partial charge in [-0.3, -0.25) is 0 Å². The van der Waals surface area contributed by atoms with Gasteiger partial charge in [0, 0.05) is 9.13 Å². The number of benzene rings is 2. The van der Waals surface area contributed by atoms with E-state index in [-0.39, 0.29) is 5.70 Å². The maximum absolute atomic E-state index is 12.2. The molecule has 1 aliphatic heterocycles. The number of carbonyl (C=O) groups excluding carboxylic acids is 1. The van der Waals surface area contributed by atoms with Gasteiger partial charge in [-0.2, -0.15) is 0 Å². The molecule has 26 heavy (non-hydrogen) atoms. The van der Waals surface area contributed by atoms with Crippen molar-refractivity contribution in [2.45, 2.75) is 13.3 Å². The van der Waals surface area contributed by atoms with Gasteiger partial charge in [-0.1, -0.05) is 6.92 Å². The predicted octanol–water partition coefficient (Wildman–Crippen LogP) is 5.95. The maximum Gasteiger partial charge on any atom is 0.363 e. The fourth-order valence-electron chi connectivity index (χ4n) is 2.29. The lowest BCUT2D eigenvalue weighted by atomic mass is 10.2. The second-order valence-electron chi connectivity index (χ2n) is 5.51. The van der Waals surface area contributed by atoms with E-state index in [0.29, 0.717) is 12.5 Å². The van der Waals surface area contributed by atoms with Crippen LogP contribution in [0.2, 0.25) is 0 Å². The molecule has 0 amide bonds. The summed E-state index contributed by atoms with van der Waals surface area (Å²) in [6, 6.07) is 11.4. The summed E-state index contributed by atoms with van der Waals surface area (Å²) in [4.78, 5) is 16.5. The fourth-order valence-corrected chi connectivity index (χ4v) is 4.10. The molecule has 0 spiro atoms. The smallest absolute Gasteiger partial charge is 0.363 e. The number of hydrogen-bond donors (Lipinski definition) is 0. The highest BCUT2D eigenvalue weighted by molar-refractivity contribution is 14.1. The van der Waals surface area contributed by atoms with E-state index in [9.17, 15) is 4.79 Å². The number of carbonyl (C=O) groups is 1. The molecule has 4 nitrogen and oxygen atoms in total. The molecule has 0 unspecified atom stereocenters. The molecule has 134 valence electrons. The van der Waals surface area contributed by atoms with Crippen molar-refractivity contribution < 1.29 is 14.3 Å². The fraction of sp³-hybridized carbons (Fsp3) is 0.158. The second kappa shape index (κ2) is 8.67. The molecule has 0 atom stereocenters. The number of halogens is 3. The first-order chi connectivity index (χ1) is 12.5. The Morgan fingerprint density at radius 3 is 2.46 bits per heavy atom. The molecule has 0 bridgehead atoms. The quantitative estimate of drug-likeness (QED) is 0.246. The largest absolute Gasteiger partial charge is 0.491 e. The zero-order chi connectivity index (χ0) is 18.7. The second-order valence-corrected chi connectivity index (χ2v) is 8.46. The molecule has 0 saturated heterocycles. The molecule has 3 rings (SSSR count). The number of aliphatic imine (C=N–C) groups is 1. The van der Waals surface area contributed by atoms with Gasteiger partial charge in [-0.05, 0) is 109 Å². The number of esters is 1. The van der Waals surface area contributed by atoms with Gasteiger partial charge in [0.1, 0.15) is 5.75 Å². The van der Waals surface area contributed by atoms with E-state index in [1.165, 1.54) is 0 Å². The highest BCUT2D eigenvalue weighted by atomic mass is 127. The molecule has 0 aliphatic carbocycles. The number of hydrogen-bond acceptors (Lipinski definition) is 4. The number of cyclic esters (lactones) is 1. The Hall–Kier alpha value is -1.19. The van der Waals surface area contributed by atoms with Crippen molar-refractivity contribution >= 4 is 72.4 Å². The molecular formula is C19H14Br2INO3. The minimum absolute atomic E-state index is 0.263. The van der Waals surface area contributed by atoms with Crippen LogP contribution in [0.3, 0.4) is 0 Å². The third kappa shape index (κ3) is 4.55. The SMILES string of the molecule is CCCOc1c(Br)cc(/C=C2\N=C(c3ccc(I)cc3)OC2=O)cc1Br. The zero-order valence-electron chi connectivity index (χ0n) is 13.8. The van der Waals surface area contributed by atoms with Gasteiger partial charge in [0.25, 0.3) is 0 Å². The monoisotopic (exact) mass is 589 g/mol. The summed E-state index contributed by atoms with van der Waals surface area (Å²) >= 11 is 9.24. The molecular weight excluding hydrogens is 577 g/mol. The summed E-state index contributed by atoms with van der Waals surface area (Å²) < 4.78 is 13.7. The highest BCUT2D eigenvalue weighted by Crippen LogP contribution is 2.36. The molecule has 1 aliphatic rings. The van der Waals surface area contributed by atoms with Crippen molar-refractivity contribution in [1.82, 2.24) is 0 Å². The van der Waals surface area contributed by atoms with Gasteiger partial charge in [0.15, 0.2) is 5.70 Å². The van der Waals surface area contributed by atoms with Gasteiger partial charge in [0.2, 0.25) is 5.90 Å². The van der Waals surface area contributed by atoms with E-state index in [0.717, 1.165) is 35.8 Å². The van der Waals surface area contributed by atoms with Gasteiger partial charge in [-0.25, -0.2) is 9.79 Å². The van der Waals surface area contributed by atoms with E-state index >= 15 is 0 Å². The third-order valence-corrected chi connectivity index (χ3v) is 5.38. The van der Waals surface area contributed by atoms with Crippen molar-refractivity contribution in [3.05, 3.63) is 65.7 Å². The highest BCUT2D eigenvalue weighted by Gasteiger charge is 2.24. The number of nitrogens with zero attached hydrogens (tertiary/aromatic N) is 1. The summed E-state index contributed by atoms with van der Waals surface area (Å²) in [5.41, 5.74) is 1.85. The van der Waals surface area contributed by atoms with Crippen molar-refractivity contribution in [2.24, 2.45) is 4.99 Å². The Bertz CT molecular complexity index is 884. The van der Waals surface area contributed by atoms with Crippen LogP contribution in [0.1, 0.15) is 24.5 Å². The zero-order valence-corrected chi connectivity index (χ0v) is 19.1. The lowest BCUT2D eigenvalue weighted by molar-refractivity contribution is -0.129. The average Bonchev–Trinajstić information content (AvgIpc) is 2.95. The maximum atomic E-state index is 12.2. The van der Waals surface area contributed by atoms with Crippen molar-refractivity contribution in [1.29, 1.82) is 0 Å². The predicted molar refractivity (Wildman–Crippen MR) is 117 cm³/mol. The summed E-state index contributed by atoms with van der Waals surface area (Å²) in [5, 5.41) is 0. The van der Waals surface area contributed by atoms with Crippen LogP contribution in [0.5, 0.6) is 5.75 Å².